The molecule has 146 valence electrons. The Labute approximate surface area is 170 Å². The Morgan fingerprint density at radius 1 is 1.33 bits per heavy atom. The Hall–Kier alpha value is -1.53. The molecule has 1 aliphatic carbocycles. The minimum Gasteiger partial charge on any atom is -0.342 e. The highest BCUT2D eigenvalue weighted by molar-refractivity contribution is 8.00. The average molecular weight is 407 g/mol. The topological polar surface area (TPSA) is 51.0 Å². The van der Waals surface area contributed by atoms with Gasteiger partial charge in [-0.05, 0) is 38.8 Å². The van der Waals surface area contributed by atoms with Gasteiger partial charge in [0.15, 0.2) is 11.0 Å². The van der Waals surface area contributed by atoms with Crippen molar-refractivity contribution >= 4 is 29.3 Å². The number of carbonyl (C=O) groups is 1. The molecule has 1 unspecified atom stereocenters. The predicted octanol–water partition coefficient (Wildman–Crippen LogP) is 4.89. The highest BCUT2D eigenvalue weighted by Crippen LogP contribution is 2.30. The molecule has 27 heavy (non-hydrogen) atoms. The minimum absolute atomic E-state index is 0.168. The van der Waals surface area contributed by atoms with Gasteiger partial charge in [-0.1, -0.05) is 54.8 Å². The number of carbonyl (C=O) groups excluding carboxylic acids is 1. The summed E-state index contributed by atoms with van der Waals surface area (Å²) in [6.45, 7) is 4.75. The van der Waals surface area contributed by atoms with Crippen LogP contribution in [0.2, 0.25) is 5.02 Å². The van der Waals surface area contributed by atoms with Gasteiger partial charge in [0.05, 0.1) is 5.25 Å². The van der Waals surface area contributed by atoms with Gasteiger partial charge in [-0.15, -0.1) is 10.2 Å². The summed E-state index contributed by atoms with van der Waals surface area (Å²) in [5, 5.41) is 9.95. The lowest BCUT2D eigenvalue weighted by Gasteiger charge is -2.32. The van der Waals surface area contributed by atoms with Crippen molar-refractivity contribution in [1.82, 2.24) is 19.7 Å². The monoisotopic (exact) mass is 406 g/mol. The smallest absolute Gasteiger partial charge is 0.235 e. The number of aromatic nitrogens is 3. The number of hydrogen-bond acceptors (Lipinski definition) is 4. The van der Waals surface area contributed by atoms with E-state index < -0.39 is 0 Å². The molecule has 1 aliphatic rings. The van der Waals surface area contributed by atoms with Gasteiger partial charge in [-0.3, -0.25) is 4.79 Å². The summed E-state index contributed by atoms with van der Waals surface area (Å²) in [7, 11) is 1.94. The van der Waals surface area contributed by atoms with Crippen LogP contribution < -0.4 is 0 Å². The average Bonchev–Trinajstić information content (AvgIpc) is 3.10. The predicted molar refractivity (Wildman–Crippen MR) is 111 cm³/mol. The van der Waals surface area contributed by atoms with Crippen LogP contribution in [0.15, 0.2) is 29.4 Å². The SMILES string of the molecule is CCn1c(SC(C)C(=O)N(C)C2CCCCC2)nnc1-c1cccc(Cl)c1. The largest absolute Gasteiger partial charge is 0.342 e. The van der Waals surface area contributed by atoms with Gasteiger partial charge in [0.2, 0.25) is 5.91 Å². The molecule has 1 fully saturated rings. The van der Waals surface area contributed by atoms with Crippen molar-refractivity contribution in [3.8, 4) is 11.4 Å². The fraction of sp³-hybridized carbons (Fsp3) is 0.550. The van der Waals surface area contributed by atoms with E-state index in [1.54, 1.807) is 0 Å². The number of thioether (sulfide) groups is 1. The van der Waals surface area contributed by atoms with Crippen molar-refractivity contribution in [2.75, 3.05) is 7.05 Å². The standard InChI is InChI=1S/C20H27ClN4OS/c1-4-25-18(15-9-8-10-16(21)13-15)22-23-20(25)27-14(2)19(26)24(3)17-11-6-5-7-12-17/h8-10,13-14,17H,4-7,11-12H2,1-3H3. The third-order valence-corrected chi connectivity index (χ3v) is 6.52. The van der Waals surface area contributed by atoms with Gasteiger partial charge in [-0.25, -0.2) is 0 Å². The molecule has 0 N–H and O–H groups in total. The Balaban J connectivity index is 1.74. The van der Waals surface area contributed by atoms with E-state index in [9.17, 15) is 4.79 Å². The van der Waals surface area contributed by atoms with Gasteiger partial charge in [-0.2, -0.15) is 0 Å². The molecule has 0 bridgehead atoms. The third-order valence-electron chi connectivity index (χ3n) is 5.22. The molecule has 1 aromatic heterocycles. The number of halogens is 1. The first-order valence-corrected chi connectivity index (χ1v) is 10.9. The van der Waals surface area contributed by atoms with Gasteiger partial charge >= 0.3 is 0 Å². The quantitative estimate of drug-likeness (QED) is 0.641. The maximum atomic E-state index is 12.9. The van der Waals surface area contributed by atoms with Gasteiger partial charge in [0.1, 0.15) is 0 Å². The van der Waals surface area contributed by atoms with Crippen LogP contribution in [0.4, 0.5) is 0 Å². The summed E-state index contributed by atoms with van der Waals surface area (Å²) in [5.41, 5.74) is 0.932. The molecule has 3 rings (SSSR count). The van der Waals surface area contributed by atoms with E-state index in [0.717, 1.165) is 35.9 Å². The first kappa shape index (κ1) is 20.2. The Morgan fingerprint density at radius 3 is 2.74 bits per heavy atom. The van der Waals surface area contributed by atoms with Crippen LogP contribution in [-0.4, -0.2) is 43.9 Å². The third kappa shape index (κ3) is 4.66. The molecule has 1 saturated carbocycles. The van der Waals surface area contributed by atoms with Crippen molar-refractivity contribution in [3.63, 3.8) is 0 Å². The van der Waals surface area contributed by atoms with E-state index in [2.05, 4.69) is 17.1 Å². The van der Waals surface area contributed by atoms with Gasteiger partial charge in [0.25, 0.3) is 0 Å². The van der Waals surface area contributed by atoms with E-state index in [1.165, 1.54) is 31.0 Å². The van der Waals surface area contributed by atoms with Crippen LogP contribution in [0.25, 0.3) is 11.4 Å². The molecule has 0 saturated heterocycles. The maximum absolute atomic E-state index is 12.9. The summed E-state index contributed by atoms with van der Waals surface area (Å²) < 4.78 is 2.04. The van der Waals surface area contributed by atoms with Crippen LogP contribution in [0.3, 0.4) is 0 Å². The number of amides is 1. The lowest BCUT2D eigenvalue weighted by Crippen LogP contribution is -2.42. The van der Waals surface area contributed by atoms with E-state index >= 15 is 0 Å². The van der Waals surface area contributed by atoms with Gasteiger partial charge in [0, 0.05) is 30.2 Å². The lowest BCUT2D eigenvalue weighted by atomic mass is 9.94. The zero-order valence-corrected chi connectivity index (χ0v) is 17.8. The molecule has 5 nitrogen and oxygen atoms in total. The van der Waals surface area contributed by atoms with Crippen LogP contribution in [0.1, 0.15) is 46.0 Å². The number of rotatable bonds is 6. The molecule has 0 aliphatic heterocycles. The van der Waals surface area contributed by atoms with E-state index in [4.69, 9.17) is 11.6 Å². The second-order valence-electron chi connectivity index (χ2n) is 7.06. The number of nitrogens with zero attached hydrogens (tertiary/aromatic N) is 4. The summed E-state index contributed by atoms with van der Waals surface area (Å²) in [6.07, 6.45) is 5.95. The highest BCUT2D eigenvalue weighted by Gasteiger charge is 2.27. The summed E-state index contributed by atoms with van der Waals surface area (Å²) >= 11 is 7.60. The Kier molecular flexibility index (Phi) is 6.82. The van der Waals surface area contributed by atoms with Crippen molar-refractivity contribution in [2.45, 2.75) is 68.9 Å². The summed E-state index contributed by atoms with van der Waals surface area (Å²) in [4.78, 5) is 14.8. The first-order chi connectivity index (χ1) is 13.0. The van der Waals surface area contributed by atoms with Crippen molar-refractivity contribution < 1.29 is 4.79 Å². The number of hydrogen-bond donors (Lipinski definition) is 0. The summed E-state index contributed by atoms with van der Waals surface area (Å²) in [5.74, 6) is 0.949. The second kappa shape index (κ2) is 9.11. The molecule has 0 radical (unpaired) electrons. The molecule has 1 amide bonds. The molecule has 1 heterocycles. The summed E-state index contributed by atoms with van der Waals surface area (Å²) in [6, 6.07) is 7.99. The zero-order valence-electron chi connectivity index (χ0n) is 16.2. The van der Waals surface area contributed by atoms with Crippen LogP contribution in [0, 0.1) is 0 Å². The molecular formula is C20H27ClN4OS. The Bertz CT molecular complexity index is 788. The number of benzene rings is 1. The maximum Gasteiger partial charge on any atom is 0.235 e. The fourth-order valence-corrected chi connectivity index (χ4v) is 4.85. The van der Waals surface area contributed by atoms with Gasteiger partial charge < -0.3 is 9.47 Å². The van der Waals surface area contributed by atoms with Crippen LogP contribution in [0.5, 0.6) is 0 Å². The lowest BCUT2D eigenvalue weighted by molar-refractivity contribution is -0.131. The van der Waals surface area contributed by atoms with E-state index in [-0.39, 0.29) is 11.2 Å². The first-order valence-electron chi connectivity index (χ1n) is 9.63. The molecule has 1 aromatic carbocycles. The minimum atomic E-state index is -0.196. The normalized spacial score (nSPS) is 16.3. The highest BCUT2D eigenvalue weighted by atomic mass is 35.5. The zero-order chi connectivity index (χ0) is 19.4. The molecule has 1 atom stereocenters. The van der Waals surface area contributed by atoms with Crippen LogP contribution >= 0.6 is 23.4 Å². The molecule has 0 spiro atoms. The molecule has 2 aromatic rings. The molecular weight excluding hydrogens is 380 g/mol. The van der Waals surface area contributed by atoms with Crippen molar-refractivity contribution in [1.29, 1.82) is 0 Å². The molecule has 7 heteroatoms. The van der Waals surface area contributed by atoms with E-state index in [0.29, 0.717) is 11.1 Å². The Morgan fingerprint density at radius 2 is 2.07 bits per heavy atom. The van der Waals surface area contributed by atoms with Crippen molar-refractivity contribution in [3.05, 3.63) is 29.3 Å². The fourth-order valence-electron chi connectivity index (χ4n) is 3.65. The van der Waals surface area contributed by atoms with Crippen molar-refractivity contribution in [2.24, 2.45) is 0 Å². The second-order valence-corrected chi connectivity index (χ2v) is 8.81. The van der Waals surface area contributed by atoms with Crippen LogP contribution in [-0.2, 0) is 11.3 Å². The van der Waals surface area contributed by atoms with E-state index in [1.807, 2.05) is 47.7 Å².